The van der Waals surface area contributed by atoms with Gasteiger partial charge in [0, 0.05) is 12.0 Å². The van der Waals surface area contributed by atoms with Crippen LogP contribution in [0.2, 0.25) is 0 Å². The maximum Gasteiger partial charge on any atom is 0.213 e. The molecule has 16 heavy (non-hydrogen) atoms. The van der Waals surface area contributed by atoms with Crippen molar-refractivity contribution in [2.75, 3.05) is 0 Å². The first kappa shape index (κ1) is 11.0. The SMILES string of the molecule is O=CC1CCC(Oc2ccc(F)cn2)CC1. The van der Waals surface area contributed by atoms with E-state index in [9.17, 15) is 9.18 Å². The zero-order chi connectivity index (χ0) is 11.4. The summed E-state index contributed by atoms with van der Waals surface area (Å²) in [5.74, 6) is 0.272. The Morgan fingerprint density at radius 3 is 2.62 bits per heavy atom. The van der Waals surface area contributed by atoms with Gasteiger partial charge in [0.2, 0.25) is 5.88 Å². The fraction of sp³-hybridized carbons (Fsp3) is 0.500. The van der Waals surface area contributed by atoms with Gasteiger partial charge in [-0.1, -0.05) is 0 Å². The topological polar surface area (TPSA) is 39.2 Å². The highest BCUT2D eigenvalue weighted by Crippen LogP contribution is 2.25. The second-order valence-electron chi connectivity index (χ2n) is 4.11. The van der Waals surface area contributed by atoms with E-state index < -0.39 is 0 Å². The molecule has 1 fully saturated rings. The number of rotatable bonds is 3. The molecule has 0 bridgehead atoms. The zero-order valence-corrected chi connectivity index (χ0v) is 8.93. The number of pyridine rings is 1. The van der Waals surface area contributed by atoms with E-state index in [1.54, 1.807) is 0 Å². The molecule has 2 rings (SSSR count). The van der Waals surface area contributed by atoms with E-state index in [1.807, 2.05) is 0 Å². The molecule has 86 valence electrons. The van der Waals surface area contributed by atoms with Gasteiger partial charge >= 0.3 is 0 Å². The van der Waals surface area contributed by atoms with Crippen molar-refractivity contribution in [1.29, 1.82) is 0 Å². The second kappa shape index (κ2) is 5.05. The molecule has 1 aromatic rings. The second-order valence-corrected chi connectivity index (χ2v) is 4.11. The number of aromatic nitrogens is 1. The molecule has 0 spiro atoms. The first-order valence-electron chi connectivity index (χ1n) is 5.51. The van der Waals surface area contributed by atoms with Crippen LogP contribution in [-0.4, -0.2) is 17.4 Å². The van der Waals surface area contributed by atoms with Crippen LogP contribution in [-0.2, 0) is 4.79 Å². The standard InChI is InChI=1S/C12H14FNO2/c13-10-3-6-12(14-7-10)16-11-4-1-9(8-15)2-5-11/h3,6-9,11H,1-2,4-5H2. The Balaban J connectivity index is 1.86. The lowest BCUT2D eigenvalue weighted by Crippen LogP contribution is -2.24. The Morgan fingerprint density at radius 1 is 1.31 bits per heavy atom. The summed E-state index contributed by atoms with van der Waals surface area (Å²) in [6.07, 6.45) is 5.74. The highest BCUT2D eigenvalue weighted by molar-refractivity contribution is 5.53. The lowest BCUT2D eigenvalue weighted by Gasteiger charge is -2.25. The fourth-order valence-corrected chi connectivity index (χ4v) is 1.95. The number of nitrogens with zero attached hydrogens (tertiary/aromatic N) is 1. The summed E-state index contributed by atoms with van der Waals surface area (Å²) in [7, 11) is 0. The summed E-state index contributed by atoms with van der Waals surface area (Å²) < 4.78 is 18.2. The minimum atomic E-state index is -0.364. The zero-order valence-electron chi connectivity index (χ0n) is 8.93. The molecule has 0 atom stereocenters. The predicted octanol–water partition coefficient (Wildman–Crippen LogP) is 2.36. The molecule has 0 radical (unpaired) electrons. The van der Waals surface area contributed by atoms with Gasteiger partial charge in [-0.25, -0.2) is 9.37 Å². The van der Waals surface area contributed by atoms with Crippen LogP contribution >= 0.6 is 0 Å². The van der Waals surface area contributed by atoms with Gasteiger partial charge < -0.3 is 9.53 Å². The molecule has 3 nitrogen and oxygen atoms in total. The van der Waals surface area contributed by atoms with Crippen LogP contribution in [0.15, 0.2) is 18.3 Å². The Bertz CT molecular complexity index is 345. The van der Waals surface area contributed by atoms with E-state index >= 15 is 0 Å². The smallest absolute Gasteiger partial charge is 0.213 e. The summed E-state index contributed by atoms with van der Waals surface area (Å²) in [5.41, 5.74) is 0. The van der Waals surface area contributed by atoms with Crippen LogP contribution in [0, 0.1) is 11.7 Å². The average Bonchev–Trinajstić information content (AvgIpc) is 2.33. The molecule has 4 heteroatoms. The van der Waals surface area contributed by atoms with Gasteiger partial charge in [0.25, 0.3) is 0 Å². The molecular weight excluding hydrogens is 209 g/mol. The quantitative estimate of drug-likeness (QED) is 0.738. The lowest BCUT2D eigenvalue weighted by atomic mass is 9.88. The Hall–Kier alpha value is -1.45. The molecule has 0 unspecified atom stereocenters. The number of hydrogen-bond donors (Lipinski definition) is 0. The van der Waals surface area contributed by atoms with Crippen LogP contribution < -0.4 is 4.74 Å². The molecule has 0 saturated heterocycles. The maximum atomic E-state index is 12.6. The molecule has 1 aromatic heterocycles. The van der Waals surface area contributed by atoms with Crippen molar-refractivity contribution >= 4 is 6.29 Å². The van der Waals surface area contributed by atoms with Crippen LogP contribution in [0.5, 0.6) is 5.88 Å². The average molecular weight is 223 g/mol. The first-order chi connectivity index (χ1) is 7.78. The van der Waals surface area contributed by atoms with Gasteiger partial charge in [0.15, 0.2) is 0 Å². The van der Waals surface area contributed by atoms with E-state index in [0.29, 0.717) is 5.88 Å². The molecule has 0 N–H and O–H groups in total. The Labute approximate surface area is 93.6 Å². The summed E-state index contributed by atoms with van der Waals surface area (Å²) in [6, 6.07) is 2.86. The van der Waals surface area contributed by atoms with E-state index in [4.69, 9.17) is 4.74 Å². The van der Waals surface area contributed by atoms with Gasteiger partial charge in [-0.3, -0.25) is 0 Å². The molecule has 1 aliphatic rings. The van der Waals surface area contributed by atoms with Crippen molar-refractivity contribution in [3.63, 3.8) is 0 Å². The Kier molecular flexibility index (Phi) is 3.49. The number of aldehydes is 1. The van der Waals surface area contributed by atoms with Gasteiger partial charge in [0.1, 0.15) is 18.2 Å². The van der Waals surface area contributed by atoms with Crippen LogP contribution in [0.4, 0.5) is 4.39 Å². The summed E-state index contributed by atoms with van der Waals surface area (Å²) >= 11 is 0. The van der Waals surface area contributed by atoms with E-state index in [1.165, 1.54) is 12.1 Å². The minimum Gasteiger partial charge on any atom is -0.474 e. The van der Waals surface area contributed by atoms with Crippen molar-refractivity contribution in [3.8, 4) is 5.88 Å². The molecule has 0 aromatic carbocycles. The third kappa shape index (κ3) is 2.78. The monoisotopic (exact) mass is 223 g/mol. The van der Waals surface area contributed by atoms with Crippen molar-refractivity contribution < 1.29 is 13.9 Å². The van der Waals surface area contributed by atoms with E-state index in [0.717, 1.165) is 38.2 Å². The van der Waals surface area contributed by atoms with Crippen molar-refractivity contribution in [1.82, 2.24) is 4.98 Å². The number of carbonyl (C=O) groups is 1. The molecule has 1 aliphatic carbocycles. The summed E-state index contributed by atoms with van der Waals surface area (Å²) in [6.45, 7) is 0. The highest BCUT2D eigenvalue weighted by atomic mass is 19.1. The van der Waals surface area contributed by atoms with Crippen LogP contribution in [0.1, 0.15) is 25.7 Å². The van der Waals surface area contributed by atoms with Crippen LogP contribution in [0.3, 0.4) is 0 Å². The van der Waals surface area contributed by atoms with Gasteiger partial charge in [-0.15, -0.1) is 0 Å². The van der Waals surface area contributed by atoms with Gasteiger partial charge in [-0.05, 0) is 31.7 Å². The van der Waals surface area contributed by atoms with Crippen molar-refractivity contribution in [2.24, 2.45) is 5.92 Å². The molecular formula is C12H14FNO2. The van der Waals surface area contributed by atoms with Crippen molar-refractivity contribution in [2.45, 2.75) is 31.8 Å². The number of hydrogen-bond acceptors (Lipinski definition) is 3. The third-order valence-corrected chi connectivity index (χ3v) is 2.90. The predicted molar refractivity (Wildman–Crippen MR) is 56.6 cm³/mol. The third-order valence-electron chi connectivity index (χ3n) is 2.90. The number of carbonyl (C=O) groups excluding carboxylic acids is 1. The maximum absolute atomic E-state index is 12.6. The summed E-state index contributed by atoms with van der Waals surface area (Å²) in [4.78, 5) is 14.4. The van der Waals surface area contributed by atoms with E-state index in [2.05, 4.69) is 4.98 Å². The Morgan fingerprint density at radius 2 is 2.06 bits per heavy atom. The van der Waals surface area contributed by atoms with Crippen LogP contribution in [0.25, 0.3) is 0 Å². The molecule has 1 saturated carbocycles. The molecule has 0 amide bonds. The number of ether oxygens (including phenoxy) is 1. The van der Waals surface area contributed by atoms with Gasteiger partial charge in [0.05, 0.1) is 6.20 Å². The lowest BCUT2D eigenvalue weighted by molar-refractivity contribution is -0.112. The minimum absolute atomic E-state index is 0.106. The van der Waals surface area contributed by atoms with Gasteiger partial charge in [-0.2, -0.15) is 0 Å². The highest BCUT2D eigenvalue weighted by Gasteiger charge is 2.22. The van der Waals surface area contributed by atoms with Crippen molar-refractivity contribution in [3.05, 3.63) is 24.1 Å². The first-order valence-corrected chi connectivity index (χ1v) is 5.51. The molecule has 1 heterocycles. The fourth-order valence-electron chi connectivity index (χ4n) is 1.95. The number of halogens is 1. The summed E-state index contributed by atoms with van der Waals surface area (Å²) in [5, 5.41) is 0. The normalized spacial score (nSPS) is 25.1. The molecule has 0 aliphatic heterocycles. The largest absolute Gasteiger partial charge is 0.474 e. The van der Waals surface area contributed by atoms with E-state index in [-0.39, 0.29) is 17.8 Å².